The van der Waals surface area contributed by atoms with Crippen LogP contribution in [0.1, 0.15) is 20.8 Å². The molecule has 2 rings (SSSR count). The maximum absolute atomic E-state index is 11.4. The number of nitrogens with one attached hydrogen (secondary N) is 1. The number of benzene rings is 1. The van der Waals surface area contributed by atoms with Crippen LogP contribution in [-0.2, 0) is 6.54 Å². The number of aromatic nitrogens is 3. The maximum atomic E-state index is 11.4. The number of aromatic carboxylic acids is 1. The summed E-state index contributed by atoms with van der Waals surface area (Å²) in [4.78, 5) is 22.0. The molecule has 1 aromatic heterocycles. The van der Waals surface area contributed by atoms with Gasteiger partial charge in [-0.05, 0) is 12.1 Å². The number of anilines is 1. The Hall–Kier alpha value is -2.61. The molecular formula is C12H12ClN5O3. The van der Waals surface area contributed by atoms with Gasteiger partial charge in [0.05, 0.1) is 23.3 Å². The minimum Gasteiger partial charge on any atom is -0.476 e. The van der Waals surface area contributed by atoms with Crippen LogP contribution in [0.2, 0.25) is 5.02 Å². The summed E-state index contributed by atoms with van der Waals surface area (Å²) in [7, 11) is 0. The van der Waals surface area contributed by atoms with Gasteiger partial charge in [-0.15, -0.1) is 5.10 Å². The largest absolute Gasteiger partial charge is 0.476 e. The average molecular weight is 310 g/mol. The number of amides is 1. The molecule has 110 valence electrons. The standard InChI is InChI=1S/C12H12ClN5O3/c13-7-2-1-3-8(10(7)11(14)19)15-4-5-18-6-9(12(20)21)16-17-18/h1-3,6,15H,4-5H2,(H2,14,19)(H,20,21). The molecule has 4 N–H and O–H groups in total. The lowest BCUT2D eigenvalue weighted by Crippen LogP contribution is -2.17. The van der Waals surface area contributed by atoms with Crippen molar-refractivity contribution in [2.75, 3.05) is 11.9 Å². The molecule has 0 aliphatic rings. The first-order valence-electron chi connectivity index (χ1n) is 5.94. The lowest BCUT2D eigenvalue weighted by molar-refractivity contribution is 0.0690. The molecule has 21 heavy (non-hydrogen) atoms. The molecule has 0 aliphatic heterocycles. The molecule has 0 spiro atoms. The van der Waals surface area contributed by atoms with Gasteiger partial charge in [0.1, 0.15) is 0 Å². The van der Waals surface area contributed by atoms with Crippen molar-refractivity contribution < 1.29 is 14.7 Å². The van der Waals surface area contributed by atoms with Crippen LogP contribution in [-0.4, -0.2) is 38.5 Å². The minimum atomic E-state index is -1.14. The second-order valence-electron chi connectivity index (χ2n) is 4.13. The molecule has 8 nitrogen and oxygen atoms in total. The van der Waals surface area contributed by atoms with Crippen molar-refractivity contribution in [2.24, 2.45) is 5.73 Å². The van der Waals surface area contributed by atoms with Gasteiger partial charge in [-0.25, -0.2) is 9.48 Å². The zero-order chi connectivity index (χ0) is 15.4. The summed E-state index contributed by atoms with van der Waals surface area (Å²) in [6.45, 7) is 0.758. The van der Waals surface area contributed by atoms with Crippen LogP contribution in [0.3, 0.4) is 0 Å². The number of primary amides is 1. The van der Waals surface area contributed by atoms with Crippen LogP contribution in [0.4, 0.5) is 5.69 Å². The maximum Gasteiger partial charge on any atom is 0.358 e. The molecule has 1 amide bonds. The first kappa shape index (κ1) is 14.8. The van der Waals surface area contributed by atoms with Crippen molar-refractivity contribution in [1.82, 2.24) is 15.0 Å². The third-order valence-electron chi connectivity index (χ3n) is 2.67. The van der Waals surface area contributed by atoms with E-state index in [4.69, 9.17) is 22.4 Å². The van der Waals surface area contributed by atoms with E-state index in [9.17, 15) is 9.59 Å². The number of carboxylic acid groups (broad SMARTS) is 1. The van der Waals surface area contributed by atoms with E-state index in [1.54, 1.807) is 18.2 Å². The zero-order valence-electron chi connectivity index (χ0n) is 10.8. The first-order chi connectivity index (χ1) is 9.99. The molecular weight excluding hydrogens is 298 g/mol. The summed E-state index contributed by atoms with van der Waals surface area (Å²) >= 11 is 5.92. The number of carbonyl (C=O) groups is 2. The molecule has 2 aromatic rings. The number of nitrogens with two attached hydrogens (primary N) is 1. The fourth-order valence-corrected chi connectivity index (χ4v) is 2.00. The highest BCUT2D eigenvalue weighted by atomic mass is 35.5. The van der Waals surface area contributed by atoms with Gasteiger partial charge in [0.2, 0.25) is 0 Å². The topological polar surface area (TPSA) is 123 Å². The third kappa shape index (κ3) is 3.48. The van der Waals surface area contributed by atoms with E-state index in [1.165, 1.54) is 10.9 Å². The quantitative estimate of drug-likeness (QED) is 0.726. The molecule has 0 radical (unpaired) electrons. The Morgan fingerprint density at radius 1 is 1.43 bits per heavy atom. The zero-order valence-corrected chi connectivity index (χ0v) is 11.5. The third-order valence-corrected chi connectivity index (χ3v) is 2.99. The summed E-state index contributed by atoms with van der Waals surface area (Å²) in [5.74, 6) is -1.77. The van der Waals surface area contributed by atoms with Gasteiger partial charge in [0, 0.05) is 12.2 Å². The smallest absolute Gasteiger partial charge is 0.358 e. The Morgan fingerprint density at radius 3 is 2.81 bits per heavy atom. The van der Waals surface area contributed by atoms with Gasteiger partial charge in [-0.3, -0.25) is 4.79 Å². The SMILES string of the molecule is NC(=O)c1c(Cl)cccc1NCCn1cc(C(=O)O)nn1. The van der Waals surface area contributed by atoms with Crippen LogP contribution in [0.5, 0.6) is 0 Å². The van der Waals surface area contributed by atoms with E-state index in [2.05, 4.69) is 15.6 Å². The summed E-state index contributed by atoms with van der Waals surface area (Å²) < 4.78 is 1.38. The van der Waals surface area contributed by atoms with Gasteiger partial charge < -0.3 is 16.2 Å². The van der Waals surface area contributed by atoms with Crippen LogP contribution in [0, 0.1) is 0 Å². The van der Waals surface area contributed by atoms with Gasteiger partial charge in [0.25, 0.3) is 5.91 Å². The Labute approximate surface area is 124 Å². The number of nitrogens with zero attached hydrogens (tertiary/aromatic N) is 3. The highest BCUT2D eigenvalue weighted by molar-refractivity contribution is 6.34. The molecule has 1 aromatic carbocycles. The average Bonchev–Trinajstić information content (AvgIpc) is 2.87. The van der Waals surface area contributed by atoms with Crippen molar-refractivity contribution in [1.29, 1.82) is 0 Å². The number of carboxylic acids is 1. The number of rotatable bonds is 6. The van der Waals surface area contributed by atoms with E-state index >= 15 is 0 Å². The van der Waals surface area contributed by atoms with Crippen LogP contribution >= 0.6 is 11.6 Å². The summed E-state index contributed by atoms with van der Waals surface area (Å²) in [6.07, 6.45) is 1.32. The van der Waals surface area contributed by atoms with Gasteiger partial charge in [-0.2, -0.15) is 0 Å². The van der Waals surface area contributed by atoms with Crippen LogP contribution in [0.15, 0.2) is 24.4 Å². The molecule has 1 heterocycles. The second-order valence-corrected chi connectivity index (χ2v) is 4.53. The predicted octanol–water partition coefficient (Wildman–Crippen LogP) is 0.841. The molecule has 0 atom stereocenters. The van der Waals surface area contributed by atoms with Crippen molar-refractivity contribution in [3.8, 4) is 0 Å². The molecule has 9 heteroatoms. The van der Waals surface area contributed by atoms with Crippen LogP contribution < -0.4 is 11.1 Å². The Balaban J connectivity index is 2.02. The summed E-state index contributed by atoms with van der Waals surface area (Å²) in [5.41, 5.74) is 5.87. The predicted molar refractivity (Wildman–Crippen MR) is 75.4 cm³/mol. The van der Waals surface area contributed by atoms with E-state index < -0.39 is 11.9 Å². The molecule has 0 saturated carbocycles. The fourth-order valence-electron chi connectivity index (χ4n) is 1.73. The van der Waals surface area contributed by atoms with E-state index in [0.717, 1.165) is 0 Å². The van der Waals surface area contributed by atoms with Gasteiger partial charge in [-0.1, -0.05) is 22.9 Å². The summed E-state index contributed by atoms with van der Waals surface area (Å²) in [5, 5.41) is 19.2. The van der Waals surface area contributed by atoms with Crippen molar-refractivity contribution in [3.05, 3.63) is 40.7 Å². The second kappa shape index (κ2) is 6.23. The molecule has 0 fully saturated rings. The highest BCUT2D eigenvalue weighted by Crippen LogP contribution is 2.23. The van der Waals surface area contributed by atoms with Gasteiger partial charge in [0.15, 0.2) is 5.69 Å². The van der Waals surface area contributed by atoms with Crippen molar-refractivity contribution in [3.63, 3.8) is 0 Å². The number of halogens is 1. The normalized spacial score (nSPS) is 10.3. The van der Waals surface area contributed by atoms with E-state index in [1.807, 2.05) is 0 Å². The Bertz CT molecular complexity index is 685. The molecule has 0 saturated heterocycles. The fraction of sp³-hybridized carbons (Fsp3) is 0.167. The highest BCUT2D eigenvalue weighted by Gasteiger charge is 2.12. The lowest BCUT2D eigenvalue weighted by atomic mass is 10.1. The number of carbonyl (C=O) groups excluding carboxylic acids is 1. The van der Waals surface area contributed by atoms with Crippen molar-refractivity contribution >= 4 is 29.2 Å². The first-order valence-corrected chi connectivity index (χ1v) is 6.32. The summed E-state index contributed by atoms with van der Waals surface area (Å²) in [6, 6.07) is 4.94. The Kier molecular flexibility index (Phi) is 4.39. The van der Waals surface area contributed by atoms with Crippen molar-refractivity contribution in [2.45, 2.75) is 6.54 Å². The van der Waals surface area contributed by atoms with E-state index in [-0.39, 0.29) is 16.3 Å². The number of hydrogen-bond acceptors (Lipinski definition) is 5. The number of hydrogen-bond donors (Lipinski definition) is 3. The Morgan fingerprint density at radius 2 is 2.19 bits per heavy atom. The minimum absolute atomic E-state index is 0.129. The monoisotopic (exact) mass is 309 g/mol. The van der Waals surface area contributed by atoms with Gasteiger partial charge >= 0.3 is 5.97 Å². The van der Waals surface area contributed by atoms with E-state index in [0.29, 0.717) is 18.8 Å². The lowest BCUT2D eigenvalue weighted by Gasteiger charge is -2.11. The van der Waals surface area contributed by atoms with Crippen LogP contribution in [0.25, 0.3) is 0 Å². The molecule has 0 unspecified atom stereocenters. The molecule has 0 bridgehead atoms. The molecule has 0 aliphatic carbocycles.